The highest BCUT2D eigenvalue weighted by Gasteiger charge is 2.28. The molecule has 3 aromatic rings. The summed E-state index contributed by atoms with van der Waals surface area (Å²) in [5.74, 6) is 2.73. The minimum Gasteiger partial charge on any atom is -0.465 e. The third-order valence-electron chi connectivity index (χ3n) is 5.91. The third-order valence-corrected chi connectivity index (χ3v) is 6.40. The van der Waals surface area contributed by atoms with Gasteiger partial charge in [-0.15, -0.1) is 0 Å². The van der Waals surface area contributed by atoms with E-state index in [9.17, 15) is 4.79 Å². The van der Waals surface area contributed by atoms with E-state index in [0.717, 1.165) is 51.5 Å². The number of carbonyl (C=O) groups is 1. The second kappa shape index (κ2) is 8.36. The molecule has 0 bridgehead atoms. The molecule has 0 aliphatic carbocycles. The van der Waals surface area contributed by atoms with Crippen molar-refractivity contribution in [2.45, 2.75) is 39.7 Å². The van der Waals surface area contributed by atoms with E-state index < -0.39 is 0 Å². The minimum absolute atomic E-state index is 0.0268. The number of hydrogen-bond acceptors (Lipinski definition) is 4. The van der Waals surface area contributed by atoms with Crippen molar-refractivity contribution < 1.29 is 13.6 Å². The summed E-state index contributed by atoms with van der Waals surface area (Å²) in [6.45, 7) is 8.69. The van der Waals surface area contributed by atoms with Crippen LogP contribution in [0.2, 0.25) is 0 Å². The first-order valence-corrected chi connectivity index (χ1v) is 11.0. The summed E-state index contributed by atoms with van der Waals surface area (Å²) in [7, 11) is 0. The molecule has 1 amide bonds. The highest BCUT2D eigenvalue weighted by molar-refractivity contribution is 9.10. The number of piperidine rings is 1. The molecule has 1 aliphatic heterocycles. The molecule has 1 N–H and O–H groups in total. The Balaban J connectivity index is 1.52. The molecule has 0 unspecified atom stereocenters. The molecular formula is C23H27BrN2O3. The van der Waals surface area contributed by atoms with Crippen molar-refractivity contribution in [2.24, 2.45) is 5.92 Å². The Kier molecular flexibility index (Phi) is 5.83. The van der Waals surface area contributed by atoms with E-state index in [0.29, 0.717) is 12.3 Å². The summed E-state index contributed by atoms with van der Waals surface area (Å²) < 4.78 is 12.7. The van der Waals surface area contributed by atoms with Crippen molar-refractivity contribution in [3.8, 4) is 0 Å². The van der Waals surface area contributed by atoms with Gasteiger partial charge in [-0.1, -0.05) is 22.9 Å². The van der Waals surface area contributed by atoms with Gasteiger partial charge >= 0.3 is 0 Å². The Morgan fingerprint density at radius 2 is 1.97 bits per heavy atom. The molecule has 1 saturated heterocycles. The molecule has 3 heterocycles. The van der Waals surface area contributed by atoms with Crippen molar-refractivity contribution >= 4 is 32.8 Å². The van der Waals surface area contributed by atoms with Gasteiger partial charge in [-0.25, -0.2) is 0 Å². The van der Waals surface area contributed by atoms with Crippen LogP contribution in [0.25, 0.3) is 11.0 Å². The second-order valence-corrected chi connectivity index (χ2v) is 9.01. The molecule has 0 radical (unpaired) electrons. The fourth-order valence-corrected chi connectivity index (χ4v) is 4.42. The van der Waals surface area contributed by atoms with E-state index in [1.807, 2.05) is 44.2 Å². The summed E-state index contributed by atoms with van der Waals surface area (Å²) in [4.78, 5) is 15.3. The summed E-state index contributed by atoms with van der Waals surface area (Å²) in [5, 5.41) is 4.04. The van der Waals surface area contributed by atoms with Crippen LogP contribution >= 0.6 is 15.9 Å². The molecule has 1 atom stereocenters. The van der Waals surface area contributed by atoms with E-state index in [1.165, 1.54) is 12.8 Å². The van der Waals surface area contributed by atoms with Gasteiger partial charge in [-0.05, 0) is 76.0 Å². The van der Waals surface area contributed by atoms with Gasteiger partial charge in [-0.2, -0.15) is 0 Å². The fourth-order valence-electron chi connectivity index (χ4n) is 4.06. The van der Waals surface area contributed by atoms with E-state index in [1.54, 1.807) is 0 Å². The predicted molar refractivity (Wildman–Crippen MR) is 117 cm³/mol. The normalized spacial score (nSPS) is 17.0. The molecular weight excluding hydrogens is 432 g/mol. The monoisotopic (exact) mass is 458 g/mol. The van der Waals surface area contributed by atoms with Crippen molar-refractivity contribution in [2.75, 3.05) is 19.6 Å². The smallest absolute Gasteiger partial charge is 0.287 e. The lowest BCUT2D eigenvalue weighted by Gasteiger charge is -2.35. The van der Waals surface area contributed by atoms with Crippen LogP contribution in [-0.4, -0.2) is 30.4 Å². The quantitative estimate of drug-likeness (QED) is 0.539. The molecule has 29 heavy (non-hydrogen) atoms. The second-order valence-electron chi connectivity index (χ2n) is 8.09. The van der Waals surface area contributed by atoms with Gasteiger partial charge in [0.25, 0.3) is 5.91 Å². The molecule has 5 nitrogen and oxygen atoms in total. The largest absolute Gasteiger partial charge is 0.465 e. The van der Waals surface area contributed by atoms with Crippen LogP contribution in [0.4, 0.5) is 0 Å². The Hall–Kier alpha value is -2.05. The van der Waals surface area contributed by atoms with Crippen LogP contribution in [0, 0.1) is 19.8 Å². The molecule has 6 heteroatoms. The average Bonchev–Trinajstić information content (AvgIpc) is 3.27. The number of aryl methyl sites for hydroxylation is 2. The number of fused-ring (bicyclic) bond motifs is 1. The SMILES string of the molecule is Cc1ccc([C@H](CNC(=O)c2oc3ccc(Br)cc3c2C)N2CCC(C)CC2)o1. The maximum atomic E-state index is 12.9. The number of furan rings is 2. The number of carbonyl (C=O) groups excluding carboxylic acids is 1. The Bertz CT molecular complexity index is 1010. The van der Waals surface area contributed by atoms with Crippen LogP contribution in [-0.2, 0) is 0 Å². The van der Waals surface area contributed by atoms with Crippen molar-refractivity contribution in [3.05, 3.63) is 57.6 Å². The number of hydrogen-bond donors (Lipinski definition) is 1. The summed E-state index contributed by atoms with van der Waals surface area (Å²) in [5.41, 5.74) is 1.58. The molecule has 0 saturated carbocycles. The highest BCUT2D eigenvalue weighted by Crippen LogP contribution is 2.30. The lowest BCUT2D eigenvalue weighted by molar-refractivity contribution is 0.0871. The third kappa shape index (κ3) is 4.28. The molecule has 1 aliphatic rings. The first-order valence-electron chi connectivity index (χ1n) is 10.2. The van der Waals surface area contributed by atoms with E-state index in [2.05, 4.69) is 33.1 Å². The lowest BCUT2D eigenvalue weighted by atomic mass is 9.97. The maximum absolute atomic E-state index is 12.9. The first kappa shape index (κ1) is 20.2. The van der Waals surface area contributed by atoms with Crippen LogP contribution < -0.4 is 5.32 Å². The van der Waals surface area contributed by atoms with Crippen LogP contribution in [0.5, 0.6) is 0 Å². The number of rotatable bonds is 5. The number of nitrogens with zero attached hydrogens (tertiary/aromatic N) is 1. The van der Waals surface area contributed by atoms with E-state index in [4.69, 9.17) is 8.83 Å². The number of amides is 1. The lowest BCUT2D eigenvalue weighted by Crippen LogP contribution is -2.41. The van der Waals surface area contributed by atoms with Crippen molar-refractivity contribution in [1.82, 2.24) is 10.2 Å². The highest BCUT2D eigenvalue weighted by atomic mass is 79.9. The number of halogens is 1. The zero-order valence-electron chi connectivity index (χ0n) is 17.1. The van der Waals surface area contributed by atoms with Gasteiger partial charge in [0.05, 0.1) is 6.04 Å². The van der Waals surface area contributed by atoms with Crippen LogP contribution in [0.15, 0.2) is 43.6 Å². The first-order chi connectivity index (χ1) is 13.9. The summed E-state index contributed by atoms with van der Waals surface area (Å²) in [6.07, 6.45) is 2.34. The fraction of sp³-hybridized carbons (Fsp3) is 0.435. The Labute approximate surface area is 179 Å². The van der Waals surface area contributed by atoms with E-state index >= 15 is 0 Å². The number of benzene rings is 1. The van der Waals surface area contributed by atoms with Crippen LogP contribution in [0.1, 0.15) is 53.4 Å². The van der Waals surface area contributed by atoms with Gasteiger partial charge < -0.3 is 14.2 Å². The predicted octanol–water partition coefficient (Wildman–Crippen LogP) is 5.61. The number of likely N-dealkylation sites (tertiary alicyclic amines) is 1. The summed E-state index contributed by atoms with van der Waals surface area (Å²) in [6, 6.07) is 9.81. The number of nitrogens with one attached hydrogen (secondary N) is 1. The van der Waals surface area contributed by atoms with Gasteiger partial charge in [0.1, 0.15) is 17.1 Å². The summed E-state index contributed by atoms with van der Waals surface area (Å²) >= 11 is 3.48. The molecule has 1 aromatic carbocycles. The molecule has 0 spiro atoms. The van der Waals surface area contributed by atoms with Gasteiger partial charge in [-0.3, -0.25) is 9.69 Å². The minimum atomic E-state index is -0.187. The average molecular weight is 459 g/mol. The van der Waals surface area contributed by atoms with Crippen molar-refractivity contribution in [1.29, 1.82) is 0 Å². The zero-order chi connectivity index (χ0) is 20.5. The maximum Gasteiger partial charge on any atom is 0.287 e. The topological polar surface area (TPSA) is 58.6 Å². The van der Waals surface area contributed by atoms with Crippen molar-refractivity contribution in [3.63, 3.8) is 0 Å². The Morgan fingerprint density at radius 3 is 2.66 bits per heavy atom. The molecule has 2 aromatic heterocycles. The van der Waals surface area contributed by atoms with Gasteiger partial charge in [0, 0.05) is 22.0 Å². The van der Waals surface area contributed by atoms with Gasteiger partial charge in [0.15, 0.2) is 5.76 Å². The Morgan fingerprint density at radius 1 is 1.21 bits per heavy atom. The molecule has 1 fully saturated rings. The zero-order valence-corrected chi connectivity index (χ0v) is 18.7. The van der Waals surface area contributed by atoms with Crippen LogP contribution in [0.3, 0.4) is 0 Å². The molecule has 4 rings (SSSR count). The van der Waals surface area contributed by atoms with E-state index in [-0.39, 0.29) is 11.9 Å². The standard InChI is InChI=1S/C23H27BrN2O3/c1-14-8-10-26(11-9-14)19(21-6-4-15(2)28-21)13-25-23(27)22-16(3)18-12-17(24)5-7-20(18)29-22/h4-7,12,14,19H,8-11,13H2,1-3H3,(H,25,27)/t19-/m0/s1. The van der Waals surface area contributed by atoms with Gasteiger partial charge in [0.2, 0.25) is 0 Å². The molecule has 154 valence electrons.